The second kappa shape index (κ2) is 4.73. The third-order valence-corrected chi connectivity index (χ3v) is 2.20. The summed E-state index contributed by atoms with van der Waals surface area (Å²) in [5, 5.41) is 17.7. The van der Waals surface area contributed by atoms with E-state index in [9.17, 15) is 4.79 Å². The number of halogens is 1. The van der Waals surface area contributed by atoms with Crippen LogP contribution in [0.5, 0.6) is 0 Å². The predicted octanol–water partition coefficient (Wildman–Crippen LogP) is -0.194. The summed E-state index contributed by atoms with van der Waals surface area (Å²) in [5.74, 6) is 0. The molecule has 1 aromatic rings. The van der Waals surface area contributed by atoms with Gasteiger partial charge in [-0.2, -0.15) is 0 Å². The largest absolute Gasteiger partial charge is 0.394 e. The highest BCUT2D eigenvalue weighted by Gasteiger charge is 2.04. The smallest absolute Gasteiger partial charge is 0.250 e. The van der Waals surface area contributed by atoms with Crippen molar-refractivity contribution in [3.8, 4) is 0 Å². The molecule has 0 aromatic carbocycles. The molecule has 72 valence electrons. The molecule has 0 aliphatic heterocycles. The van der Waals surface area contributed by atoms with E-state index in [0.717, 1.165) is 3.57 Å². The Kier molecular flexibility index (Phi) is 3.89. The number of aliphatic hydroxyl groups is 2. The number of hydrogen-bond donors (Lipinski definition) is 2. The maximum absolute atomic E-state index is 11.2. The second-order valence-electron chi connectivity index (χ2n) is 2.67. The fourth-order valence-electron chi connectivity index (χ4n) is 0.930. The number of aromatic nitrogens is 1. The highest BCUT2D eigenvalue weighted by molar-refractivity contribution is 14.1. The minimum Gasteiger partial charge on any atom is -0.394 e. The Morgan fingerprint density at radius 1 is 1.54 bits per heavy atom. The van der Waals surface area contributed by atoms with Gasteiger partial charge in [-0.3, -0.25) is 4.79 Å². The summed E-state index contributed by atoms with van der Waals surface area (Å²) in [6.07, 6.45) is 0.762. The van der Waals surface area contributed by atoms with Gasteiger partial charge in [-0.15, -0.1) is 0 Å². The molecule has 2 N–H and O–H groups in total. The molecule has 13 heavy (non-hydrogen) atoms. The van der Waals surface area contributed by atoms with E-state index in [0.29, 0.717) is 0 Å². The summed E-state index contributed by atoms with van der Waals surface area (Å²) in [5.41, 5.74) is -0.173. The van der Waals surface area contributed by atoms with E-state index in [2.05, 4.69) is 22.6 Å². The van der Waals surface area contributed by atoms with Gasteiger partial charge >= 0.3 is 0 Å². The van der Waals surface area contributed by atoms with Gasteiger partial charge in [0.25, 0.3) is 5.56 Å². The van der Waals surface area contributed by atoms with Crippen LogP contribution in [-0.2, 0) is 6.54 Å². The highest BCUT2D eigenvalue weighted by Crippen LogP contribution is 2.00. The molecule has 0 bridgehead atoms. The van der Waals surface area contributed by atoms with Crippen LogP contribution in [0.25, 0.3) is 0 Å². The molecule has 0 saturated heterocycles. The van der Waals surface area contributed by atoms with Crippen LogP contribution in [0.15, 0.2) is 23.1 Å². The van der Waals surface area contributed by atoms with Gasteiger partial charge in [0, 0.05) is 15.8 Å². The zero-order valence-electron chi connectivity index (χ0n) is 6.85. The van der Waals surface area contributed by atoms with E-state index < -0.39 is 6.10 Å². The van der Waals surface area contributed by atoms with Crippen molar-refractivity contribution in [2.24, 2.45) is 0 Å². The van der Waals surface area contributed by atoms with Crippen LogP contribution < -0.4 is 5.56 Å². The predicted molar refractivity (Wildman–Crippen MR) is 56.5 cm³/mol. The summed E-state index contributed by atoms with van der Waals surface area (Å²) in [7, 11) is 0. The van der Waals surface area contributed by atoms with Gasteiger partial charge in [0.15, 0.2) is 0 Å². The molecular weight excluding hydrogens is 285 g/mol. The van der Waals surface area contributed by atoms with Crippen molar-refractivity contribution in [1.29, 1.82) is 0 Å². The summed E-state index contributed by atoms with van der Waals surface area (Å²) >= 11 is 2.08. The quantitative estimate of drug-likeness (QED) is 0.760. The molecule has 0 saturated carbocycles. The molecule has 1 unspecified atom stereocenters. The van der Waals surface area contributed by atoms with Crippen LogP contribution >= 0.6 is 22.6 Å². The molecule has 1 aromatic heterocycles. The zero-order valence-corrected chi connectivity index (χ0v) is 9.01. The molecular formula is C8H10INO3. The molecule has 1 atom stereocenters. The van der Waals surface area contributed by atoms with Crippen LogP contribution in [0.3, 0.4) is 0 Å². The third-order valence-electron chi connectivity index (χ3n) is 1.57. The van der Waals surface area contributed by atoms with Crippen LogP contribution in [0, 0.1) is 3.57 Å². The topological polar surface area (TPSA) is 62.5 Å². The van der Waals surface area contributed by atoms with Crippen molar-refractivity contribution in [1.82, 2.24) is 4.57 Å². The minimum atomic E-state index is -0.879. The third kappa shape index (κ3) is 3.09. The zero-order chi connectivity index (χ0) is 9.84. The van der Waals surface area contributed by atoms with Gasteiger partial charge in [-0.1, -0.05) is 0 Å². The van der Waals surface area contributed by atoms with Crippen molar-refractivity contribution in [2.45, 2.75) is 12.6 Å². The molecule has 0 amide bonds. The molecule has 0 radical (unpaired) electrons. The molecule has 0 aliphatic rings. The average molecular weight is 295 g/mol. The minimum absolute atomic E-state index is 0.131. The van der Waals surface area contributed by atoms with Crippen molar-refractivity contribution in [3.63, 3.8) is 0 Å². The standard InChI is InChI=1S/C8H10INO3/c9-6-1-2-8(13)10(3-6)4-7(12)5-11/h1-3,7,11-12H,4-5H2. The number of nitrogens with zero attached hydrogens (tertiary/aromatic N) is 1. The molecule has 4 nitrogen and oxygen atoms in total. The number of pyridine rings is 1. The highest BCUT2D eigenvalue weighted by atomic mass is 127. The summed E-state index contributed by atoms with van der Waals surface area (Å²) in [6.45, 7) is -0.204. The van der Waals surface area contributed by atoms with Crippen molar-refractivity contribution < 1.29 is 10.2 Å². The van der Waals surface area contributed by atoms with E-state index in [1.54, 1.807) is 12.3 Å². The summed E-state index contributed by atoms with van der Waals surface area (Å²) in [6, 6.07) is 3.14. The Bertz CT molecular complexity index is 336. The number of rotatable bonds is 3. The molecule has 0 fully saturated rings. The molecule has 0 spiro atoms. The van der Waals surface area contributed by atoms with Gasteiger partial charge in [0.05, 0.1) is 19.3 Å². The van der Waals surface area contributed by atoms with E-state index in [1.807, 2.05) is 0 Å². The van der Waals surface area contributed by atoms with Crippen LogP contribution in [-0.4, -0.2) is 27.5 Å². The van der Waals surface area contributed by atoms with E-state index in [1.165, 1.54) is 10.6 Å². The SMILES string of the molecule is O=c1ccc(I)cn1CC(O)CO. The van der Waals surface area contributed by atoms with E-state index >= 15 is 0 Å². The molecule has 1 heterocycles. The fourth-order valence-corrected chi connectivity index (χ4v) is 1.45. The Morgan fingerprint density at radius 2 is 2.23 bits per heavy atom. The van der Waals surface area contributed by atoms with E-state index in [-0.39, 0.29) is 18.7 Å². The summed E-state index contributed by atoms with van der Waals surface area (Å²) < 4.78 is 2.30. The lowest BCUT2D eigenvalue weighted by Crippen LogP contribution is -2.27. The first-order valence-electron chi connectivity index (χ1n) is 3.78. The first-order chi connectivity index (χ1) is 6.13. The Balaban J connectivity index is 2.87. The maximum atomic E-state index is 11.2. The van der Waals surface area contributed by atoms with E-state index in [4.69, 9.17) is 10.2 Å². The number of aliphatic hydroxyl groups excluding tert-OH is 2. The second-order valence-corrected chi connectivity index (χ2v) is 3.92. The normalized spacial score (nSPS) is 12.8. The molecule has 1 rings (SSSR count). The lowest BCUT2D eigenvalue weighted by molar-refractivity contribution is 0.0803. The lowest BCUT2D eigenvalue weighted by atomic mass is 10.3. The Morgan fingerprint density at radius 3 is 2.85 bits per heavy atom. The van der Waals surface area contributed by atoms with Crippen LogP contribution in [0.1, 0.15) is 0 Å². The van der Waals surface area contributed by atoms with Gasteiger partial charge in [0.2, 0.25) is 0 Å². The van der Waals surface area contributed by atoms with Gasteiger partial charge < -0.3 is 14.8 Å². The molecule has 0 aliphatic carbocycles. The Hall–Kier alpha value is -0.400. The van der Waals surface area contributed by atoms with Gasteiger partial charge in [0.1, 0.15) is 0 Å². The van der Waals surface area contributed by atoms with Crippen molar-refractivity contribution >= 4 is 22.6 Å². The maximum Gasteiger partial charge on any atom is 0.250 e. The first kappa shape index (κ1) is 10.7. The molecule has 5 heteroatoms. The summed E-state index contributed by atoms with van der Waals surface area (Å²) in [4.78, 5) is 11.2. The van der Waals surface area contributed by atoms with Crippen molar-refractivity contribution in [2.75, 3.05) is 6.61 Å². The van der Waals surface area contributed by atoms with Gasteiger partial charge in [-0.25, -0.2) is 0 Å². The Labute approximate surface area is 89.0 Å². The number of hydrogen-bond acceptors (Lipinski definition) is 3. The van der Waals surface area contributed by atoms with Crippen LogP contribution in [0.2, 0.25) is 0 Å². The van der Waals surface area contributed by atoms with Gasteiger partial charge in [-0.05, 0) is 28.7 Å². The first-order valence-corrected chi connectivity index (χ1v) is 4.86. The van der Waals surface area contributed by atoms with Crippen LogP contribution in [0.4, 0.5) is 0 Å². The van der Waals surface area contributed by atoms with Crippen molar-refractivity contribution in [3.05, 3.63) is 32.3 Å². The fraction of sp³-hybridized carbons (Fsp3) is 0.375. The average Bonchev–Trinajstić information content (AvgIpc) is 2.11. The lowest BCUT2D eigenvalue weighted by Gasteiger charge is -2.09. The monoisotopic (exact) mass is 295 g/mol.